The molecule has 1 aliphatic heterocycles. The number of carbonyl (C=O) groups excluding carboxylic acids is 2. The molecule has 3 aromatic rings. The van der Waals surface area contributed by atoms with Crippen molar-refractivity contribution in [1.29, 1.82) is 0 Å². The molecule has 0 unspecified atom stereocenters. The molecule has 3 N–H and O–H groups in total. The third-order valence-electron chi connectivity index (χ3n) is 5.73. The number of hydrogen-bond donors (Lipinski definition) is 3. The first kappa shape index (κ1) is 23.3. The summed E-state index contributed by atoms with van der Waals surface area (Å²) < 4.78 is 5.97. The summed E-state index contributed by atoms with van der Waals surface area (Å²) in [5, 5.41) is 8.84. The van der Waals surface area contributed by atoms with E-state index in [1.165, 1.54) is 0 Å². The number of rotatable bonds is 7. The molecule has 176 valence electrons. The summed E-state index contributed by atoms with van der Waals surface area (Å²) in [4.78, 5) is 27.0. The second-order valence-corrected chi connectivity index (χ2v) is 8.47. The summed E-state index contributed by atoms with van der Waals surface area (Å²) in [5.74, 6) is 1.23. The predicted molar refractivity (Wildman–Crippen MR) is 134 cm³/mol. The topological polar surface area (TPSA) is 82.7 Å². The van der Waals surface area contributed by atoms with Gasteiger partial charge in [-0.05, 0) is 56.2 Å². The van der Waals surface area contributed by atoms with E-state index in [2.05, 4.69) is 20.9 Å². The van der Waals surface area contributed by atoms with E-state index in [4.69, 9.17) is 4.74 Å². The van der Waals surface area contributed by atoms with Gasteiger partial charge in [0.05, 0.1) is 12.2 Å². The fourth-order valence-electron chi connectivity index (χ4n) is 3.89. The largest absolute Gasteiger partial charge is 0.455 e. The summed E-state index contributed by atoms with van der Waals surface area (Å²) in [5.41, 5.74) is 2.56. The molecule has 4 rings (SSSR count). The van der Waals surface area contributed by atoms with Crippen LogP contribution < -0.4 is 20.7 Å². The zero-order valence-electron chi connectivity index (χ0n) is 19.3. The van der Waals surface area contributed by atoms with Crippen LogP contribution in [0.1, 0.15) is 18.4 Å². The molecule has 0 aromatic heterocycles. The van der Waals surface area contributed by atoms with Crippen molar-refractivity contribution in [3.05, 3.63) is 84.4 Å². The van der Waals surface area contributed by atoms with Crippen LogP contribution in [-0.2, 0) is 4.79 Å². The summed E-state index contributed by atoms with van der Waals surface area (Å²) >= 11 is 0. The standard InChI is InChI=1S/C27H30N4O3/c1-20-11-13-23(14-12-20)34-25-10-6-5-9-24(25)30-26(32)19-31-17-15-22(16-18-31)29-27(33)28-21-7-3-2-4-8-21/h2-14,22H,15-19H2,1H3,(H,30,32)(H2,28,29,33). The molecule has 1 saturated heterocycles. The second-order valence-electron chi connectivity index (χ2n) is 8.47. The van der Waals surface area contributed by atoms with Crippen molar-refractivity contribution in [2.75, 3.05) is 30.3 Å². The molecular weight excluding hydrogens is 428 g/mol. The maximum Gasteiger partial charge on any atom is 0.319 e. The highest BCUT2D eigenvalue weighted by Crippen LogP contribution is 2.29. The molecular formula is C27H30N4O3. The van der Waals surface area contributed by atoms with Crippen LogP contribution in [0.3, 0.4) is 0 Å². The molecule has 3 amide bonds. The lowest BCUT2D eigenvalue weighted by Gasteiger charge is -2.31. The van der Waals surface area contributed by atoms with Gasteiger partial charge in [0, 0.05) is 24.8 Å². The molecule has 3 aromatic carbocycles. The number of ether oxygens (including phenoxy) is 1. The number of carbonyl (C=O) groups is 2. The van der Waals surface area contributed by atoms with Crippen molar-refractivity contribution in [1.82, 2.24) is 10.2 Å². The smallest absolute Gasteiger partial charge is 0.319 e. The van der Waals surface area contributed by atoms with E-state index < -0.39 is 0 Å². The monoisotopic (exact) mass is 458 g/mol. The lowest BCUT2D eigenvalue weighted by Crippen LogP contribution is -2.47. The first-order chi connectivity index (χ1) is 16.5. The van der Waals surface area contributed by atoms with Crippen LogP contribution in [-0.4, -0.2) is 42.5 Å². The zero-order chi connectivity index (χ0) is 23.8. The van der Waals surface area contributed by atoms with Crippen molar-refractivity contribution in [2.45, 2.75) is 25.8 Å². The number of para-hydroxylation sites is 3. The molecule has 1 fully saturated rings. The van der Waals surface area contributed by atoms with Crippen molar-refractivity contribution in [2.24, 2.45) is 0 Å². The van der Waals surface area contributed by atoms with Crippen molar-refractivity contribution < 1.29 is 14.3 Å². The SMILES string of the molecule is Cc1ccc(Oc2ccccc2NC(=O)CN2CCC(NC(=O)Nc3ccccc3)CC2)cc1. The van der Waals surface area contributed by atoms with Gasteiger partial charge in [-0.15, -0.1) is 0 Å². The van der Waals surface area contributed by atoms with E-state index in [0.29, 0.717) is 18.0 Å². The fourth-order valence-corrected chi connectivity index (χ4v) is 3.89. The molecule has 7 nitrogen and oxygen atoms in total. The number of aryl methyl sites for hydroxylation is 1. The number of likely N-dealkylation sites (tertiary alicyclic amines) is 1. The van der Waals surface area contributed by atoms with Crippen LogP contribution in [0, 0.1) is 6.92 Å². The van der Waals surface area contributed by atoms with Gasteiger partial charge in [-0.2, -0.15) is 0 Å². The Balaban J connectivity index is 1.23. The molecule has 0 bridgehead atoms. The van der Waals surface area contributed by atoms with Crippen LogP contribution >= 0.6 is 0 Å². The highest BCUT2D eigenvalue weighted by atomic mass is 16.5. The zero-order valence-corrected chi connectivity index (χ0v) is 19.3. The fraction of sp³-hybridized carbons (Fsp3) is 0.259. The van der Waals surface area contributed by atoms with E-state index >= 15 is 0 Å². The lowest BCUT2D eigenvalue weighted by molar-refractivity contribution is -0.117. The third-order valence-corrected chi connectivity index (χ3v) is 5.73. The number of anilines is 2. The summed E-state index contributed by atoms with van der Waals surface area (Å²) in [6.45, 7) is 3.80. The van der Waals surface area contributed by atoms with E-state index in [9.17, 15) is 9.59 Å². The van der Waals surface area contributed by atoms with Gasteiger partial charge >= 0.3 is 6.03 Å². The molecule has 7 heteroatoms. The number of nitrogens with one attached hydrogen (secondary N) is 3. The molecule has 0 radical (unpaired) electrons. The van der Waals surface area contributed by atoms with Gasteiger partial charge in [0.2, 0.25) is 5.91 Å². The maximum atomic E-state index is 12.7. The van der Waals surface area contributed by atoms with Crippen LogP contribution in [0.2, 0.25) is 0 Å². The van der Waals surface area contributed by atoms with Gasteiger partial charge in [-0.25, -0.2) is 4.79 Å². The molecule has 0 saturated carbocycles. The van der Waals surface area contributed by atoms with E-state index in [-0.39, 0.29) is 18.0 Å². The van der Waals surface area contributed by atoms with Gasteiger partial charge in [-0.1, -0.05) is 48.0 Å². The number of amides is 3. The molecule has 0 spiro atoms. The minimum absolute atomic E-state index is 0.0895. The summed E-state index contributed by atoms with van der Waals surface area (Å²) in [6.07, 6.45) is 1.59. The van der Waals surface area contributed by atoms with Crippen LogP contribution in [0.25, 0.3) is 0 Å². The maximum absolute atomic E-state index is 12.7. The van der Waals surface area contributed by atoms with E-state index in [1.54, 1.807) is 0 Å². The Labute approximate surface area is 200 Å². The first-order valence-electron chi connectivity index (χ1n) is 11.5. The average Bonchev–Trinajstić information content (AvgIpc) is 2.83. The number of nitrogens with zero attached hydrogens (tertiary/aromatic N) is 1. The van der Waals surface area contributed by atoms with Crippen LogP contribution in [0.4, 0.5) is 16.2 Å². The van der Waals surface area contributed by atoms with Crippen LogP contribution in [0.15, 0.2) is 78.9 Å². The summed E-state index contributed by atoms with van der Waals surface area (Å²) in [6, 6.07) is 24.5. The Bertz CT molecular complexity index is 1090. The molecule has 34 heavy (non-hydrogen) atoms. The molecule has 1 aliphatic rings. The quantitative estimate of drug-likeness (QED) is 0.465. The molecule has 0 aliphatic carbocycles. The molecule has 0 atom stereocenters. The normalized spacial score (nSPS) is 14.3. The Morgan fingerprint density at radius 2 is 1.56 bits per heavy atom. The first-order valence-corrected chi connectivity index (χ1v) is 11.5. The van der Waals surface area contributed by atoms with Crippen LogP contribution in [0.5, 0.6) is 11.5 Å². The number of benzene rings is 3. The van der Waals surface area contributed by atoms with Crippen molar-refractivity contribution >= 4 is 23.3 Å². The van der Waals surface area contributed by atoms with Gasteiger partial charge in [0.15, 0.2) is 5.75 Å². The minimum atomic E-state index is -0.201. The van der Waals surface area contributed by atoms with Crippen molar-refractivity contribution in [3.8, 4) is 11.5 Å². The Hall–Kier alpha value is -3.84. The highest BCUT2D eigenvalue weighted by molar-refractivity contribution is 5.93. The van der Waals surface area contributed by atoms with E-state index in [1.807, 2.05) is 85.8 Å². The second kappa shape index (κ2) is 11.3. The number of hydrogen-bond acceptors (Lipinski definition) is 4. The lowest BCUT2D eigenvalue weighted by atomic mass is 10.1. The predicted octanol–water partition coefficient (Wildman–Crippen LogP) is 5.01. The van der Waals surface area contributed by atoms with Gasteiger partial charge in [0.1, 0.15) is 5.75 Å². The highest BCUT2D eigenvalue weighted by Gasteiger charge is 2.22. The van der Waals surface area contributed by atoms with E-state index in [0.717, 1.165) is 42.9 Å². The Morgan fingerprint density at radius 3 is 2.29 bits per heavy atom. The van der Waals surface area contributed by atoms with Crippen molar-refractivity contribution in [3.63, 3.8) is 0 Å². The molecule has 1 heterocycles. The average molecular weight is 459 g/mol. The van der Waals surface area contributed by atoms with Gasteiger partial charge < -0.3 is 20.7 Å². The third kappa shape index (κ3) is 6.83. The van der Waals surface area contributed by atoms with Gasteiger partial charge in [-0.3, -0.25) is 9.69 Å². The number of urea groups is 1. The van der Waals surface area contributed by atoms with Gasteiger partial charge in [0.25, 0.3) is 0 Å². The number of piperidine rings is 1. The summed E-state index contributed by atoms with van der Waals surface area (Å²) in [7, 11) is 0. The minimum Gasteiger partial charge on any atom is -0.455 e. The Morgan fingerprint density at radius 1 is 0.882 bits per heavy atom. The Kier molecular flexibility index (Phi) is 7.78.